The molecular formula is C16H19ClN4O2. The summed E-state index contributed by atoms with van der Waals surface area (Å²) in [4.78, 5) is 14.2. The average molecular weight is 335 g/mol. The molecule has 0 aliphatic carbocycles. The Bertz CT molecular complexity index is 678. The number of hydrogen-bond acceptors (Lipinski definition) is 4. The van der Waals surface area contributed by atoms with E-state index in [4.69, 9.17) is 16.3 Å². The second-order valence-corrected chi connectivity index (χ2v) is 5.92. The Balaban J connectivity index is 1.66. The largest absolute Gasteiger partial charge is 0.379 e. The minimum atomic E-state index is -0.0439. The molecule has 1 fully saturated rings. The van der Waals surface area contributed by atoms with Crippen molar-refractivity contribution in [2.24, 2.45) is 7.05 Å². The zero-order chi connectivity index (χ0) is 16.2. The van der Waals surface area contributed by atoms with E-state index in [2.05, 4.69) is 15.3 Å². The molecule has 1 saturated heterocycles. The molecule has 1 aliphatic rings. The predicted octanol–water partition coefficient (Wildman–Crippen LogP) is 2.01. The summed E-state index contributed by atoms with van der Waals surface area (Å²) in [7, 11) is 1.81. The van der Waals surface area contributed by atoms with E-state index in [0.717, 1.165) is 24.3 Å². The number of amides is 1. The number of morpholine rings is 1. The van der Waals surface area contributed by atoms with Crippen LogP contribution in [0.3, 0.4) is 0 Å². The van der Waals surface area contributed by atoms with Crippen LogP contribution in [0.2, 0.25) is 5.02 Å². The Labute approximate surface area is 140 Å². The molecule has 1 N–H and O–H groups in total. The van der Waals surface area contributed by atoms with Crippen LogP contribution in [0.25, 0.3) is 11.3 Å². The molecule has 6 nitrogen and oxygen atoms in total. The van der Waals surface area contributed by atoms with Crippen LogP contribution in [0.4, 0.5) is 5.82 Å². The van der Waals surface area contributed by atoms with Crippen molar-refractivity contribution < 1.29 is 9.53 Å². The lowest BCUT2D eigenvalue weighted by Gasteiger charge is -2.25. The number of carbonyl (C=O) groups is 1. The van der Waals surface area contributed by atoms with Crippen LogP contribution in [0, 0.1) is 0 Å². The van der Waals surface area contributed by atoms with E-state index in [-0.39, 0.29) is 5.91 Å². The molecule has 0 atom stereocenters. The number of aryl methyl sites for hydroxylation is 1. The zero-order valence-corrected chi connectivity index (χ0v) is 13.7. The highest BCUT2D eigenvalue weighted by molar-refractivity contribution is 6.30. The number of aromatic nitrogens is 2. The third-order valence-corrected chi connectivity index (χ3v) is 4.01. The van der Waals surface area contributed by atoms with Crippen molar-refractivity contribution in [1.82, 2.24) is 14.7 Å². The van der Waals surface area contributed by atoms with Crippen LogP contribution in [-0.4, -0.2) is 53.4 Å². The maximum absolute atomic E-state index is 12.2. The molecule has 1 aromatic carbocycles. The SMILES string of the molecule is Cn1nc(-c2ccc(Cl)cc2)cc1NC(=O)CN1CCOCC1. The summed E-state index contributed by atoms with van der Waals surface area (Å²) in [6.07, 6.45) is 0. The lowest BCUT2D eigenvalue weighted by molar-refractivity contribution is -0.118. The maximum atomic E-state index is 12.2. The van der Waals surface area contributed by atoms with Crippen LogP contribution in [-0.2, 0) is 16.6 Å². The molecule has 0 unspecified atom stereocenters. The van der Waals surface area contributed by atoms with Gasteiger partial charge in [-0.1, -0.05) is 23.7 Å². The topological polar surface area (TPSA) is 59.4 Å². The van der Waals surface area contributed by atoms with E-state index >= 15 is 0 Å². The number of nitrogens with zero attached hydrogens (tertiary/aromatic N) is 3. The molecule has 122 valence electrons. The molecule has 7 heteroatoms. The van der Waals surface area contributed by atoms with Gasteiger partial charge >= 0.3 is 0 Å². The fraction of sp³-hybridized carbons (Fsp3) is 0.375. The van der Waals surface area contributed by atoms with Crippen LogP contribution in [0.1, 0.15) is 0 Å². The fourth-order valence-electron chi connectivity index (χ4n) is 2.49. The number of carbonyl (C=O) groups excluding carboxylic acids is 1. The number of benzene rings is 1. The summed E-state index contributed by atoms with van der Waals surface area (Å²) in [5.74, 6) is 0.630. The molecule has 2 aromatic rings. The van der Waals surface area contributed by atoms with Gasteiger partial charge in [-0.3, -0.25) is 14.4 Å². The van der Waals surface area contributed by atoms with Crippen molar-refractivity contribution in [3.8, 4) is 11.3 Å². The van der Waals surface area contributed by atoms with Gasteiger partial charge in [-0.05, 0) is 12.1 Å². The van der Waals surface area contributed by atoms with Crippen LogP contribution < -0.4 is 5.32 Å². The van der Waals surface area contributed by atoms with Gasteiger partial charge in [-0.25, -0.2) is 0 Å². The van der Waals surface area contributed by atoms with Crippen molar-refractivity contribution in [2.75, 3.05) is 38.2 Å². The normalized spacial score (nSPS) is 15.6. The Morgan fingerprint density at radius 1 is 1.30 bits per heavy atom. The van der Waals surface area contributed by atoms with E-state index in [1.807, 2.05) is 37.4 Å². The Kier molecular flexibility index (Phi) is 4.95. The summed E-state index contributed by atoms with van der Waals surface area (Å²) in [6, 6.07) is 9.32. The van der Waals surface area contributed by atoms with E-state index < -0.39 is 0 Å². The second kappa shape index (κ2) is 7.12. The molecule has 0 radical (unpaired) electrons. The first-order chi connectivity index (χ1) is 11.1. The lowest BCUT2D eigenvalue weighted by atomic mass is 10.1. The number of rotatable bonds is 4. The van der Waals surface area contributed by atoms with Gasteiger partial charge in [-0.15, -0.1) is 0 Å². The standard InChI is InChI=1S/C16H19ClN4O2/c1-20-15(18-16(22)11-21-6-8-23-9-7-21)10-14(19-20)12-2-4-13(17)5-3-12/h2-5,10H,6-9,11H2,1H3,(H,18,22). The van der Waals surface area contributed by atoms with Gasteiger partial charge in [-0.2, -0.15) is 5.10 Å². The van der Waals surface area contributed by atoms with E-state index in [1.54, 1.807) is 4.68 Å². The summed E-state index contributed by atoms with van der Waals surface area (Å²) >= 11 is 5.90. The zero-order valence-electron chi connectivity index (χ0n) is 13.0. The Hall–Kier alpha value is -1.89. The molecule has 3 rings (SSSR count). The number of halogens is 1. The van der Waals surface area contributed by atoms with Crippen LogP contribution >= 0.6 is 11.6 Å². The number of hydrogen-bond donors (Lipinski definition) is 1. The molecule has 1 amide bonds. The summed E-state index contributed by atoms with van der Waals surface area (Å²) in [6.45, 7) is 3.30. The Morgan fingerprint density at radius 2 is 2.00 bits per heavy atom. The summed E-state index contributed by atoms with van der Waals surface area (Å²) < 4.78 is 6.95. The third-order valence-electron chi connectivity index (χ3n) is 3.76. The molecule has 23 heavy (non-hydrogen) atoms. The number of nitrogens with one attached hydrogen (secondary N) is 1. The second-order valence-electron chi connectivity index (χ2n) is 5.48. The number of ether oxygens (including phenoxy) is 1. The third kappa shape index (κ3) is 4.10. The van der Waals surface area contributed by atoms with Crippen LogP contribution in [0.5, 0.6) is 0 Å². The quantitative estimate of drug-likeness (QED) is 0.929. The molecule has 0 spiro atoms. The minimum absolute atomic E-state index is 0.0439. The monoisotopic (exact) mass is 334 g/mol. The van der Waals surface area contributed by atoms with Gasteiger partial charge in [0.05, 0.1) is 25.5 Å². The van der Waals surface area contributed by atoms with Gasteiger partial charge < -0.3 is 10.1 Å². The van der Waals surface area contributed by atoms with Crippen molar-refractivity contribution in [1.29, 1.82) is 0 Å². The number of anilines is 1. The van der Waals surface area contributed by atoms with Crippen molar-refractivity contribution in [3.63, 3.8) is 0 Å². The van der Waals surface area contributed by atoms with Gasteiger partial charge in [0.15, 0.2) is 0 Å². The molecular weight excluding hydrogens is 316 g/mol. The van der Waals surface area contributed by atoms with Crippen LogP contribution in [0.15, 0.2) is 30.3 Å². The maximum Gasteiger partial charge on any atom is 0.239 e. The Morgan fingerprint density at radius 3 is 2.70 bits per heavy atom. The van der Waals surface area contributed by atoms with Gasteiger partial charge in [0.25, 0.3) is 0 Å². The summed E-state index contributed by atoms with van der Waals surface area (Å²) in [5, 5.41) is 8.03. The van der Waals surface area contributed by atoms with E-state index in [9.17, 15) is 4.79 Å². The average Bonchev–Trinajstić information content (AvgIpc) is 2.90. The first-order valence-electron chi connectivity index (χ1n) is 7.52. The molecule has 0 saturated carbocycles. The highest BCUT2D eigenvalue weighted by atomic mass is 35.5. The fourth-order valence-corrected chi connectivity index (χ4v) is 2.62. The van der Waals surface area contributed by atoms with Crippen molar-refractivity contribution in [3.05, 3.63) is 35.4 Å². The molecule has 0 bridgehead atoms. The van der Waals surface area contributed by atoms with E-state index in [1.165, 1.54) is 0 Å². The molecule has 1 aromatic heterocycles. The first kappa shape index (κ1) is 16.0. The van der Waals surface area contributed by atoms with Crippen molar-refractivity contribution >= 4 is 23.3 Å². The summed E-state index contributed by atoms with van der Waals surface area (Å²) in [5.41, 5.74) is 1.75. The predicted molar refractivity (Wildman–Crippen MR) is 89.5 cm³/mol. The lowest BCUT2D eigenvalue weighted by Crippen LogP contribution is -2.41. The minimum Gasteiger partial charge on any atom is -0.379 e. The smallest absolute Gasteiger partial charge is 0.239 e. The highest BCUT2D eigenvalue weighted by Gasteiger charge is 2.16. The molecule has 2 heterocycles. The van der Waals surface area contributed by atoms with Gasteiger partial charge in [0.2, 0.25) is 5.91 Å². The van der Waals surface area contributed by atoms with Gasteiger partial charge in [0.1, 0.15) is 5.82 Å². The van der Waals surface area contributed by atoms with E-state index in [0.29, 0.717) is 30.6 Å². The van der Waals surface area contributed by atoms with Gasteiger partial charge in [0, 0.05) is 36.8 Å². The van der Waals surface area contributed by atoms with Crippen molar-refractivity contribution in [2.45, 2.75) is 0 Å². The first-order valence-corrected chi connectivity index (χ1v) is 7.89. The molecule has 1 aliphatic heterocycles. The highest BCUT2D eigenvalue weighted by Crippen LogP contribution is 2.23.